The molecule has 1 aromatic rings. The SMILES string of the molecule is CC.N#Cc1cncc(SCl)c1. The van der Waals surface area contributed by atoms with E-state index >= 15 is 0 Å². The van der Waals surface area contributed by atoms with Crippen molar-refractivity contribution in [3.8, 4) is 6.07 Å². The van der Waals surface area contributed by atoms with Gasteiger partial charge >= 0.3 is 0 Å². The molecule has 0 saturated heterocycles. The van der Waals surface area contributed by atoms with Crippen molar-refractivity contribution in [1.82, 2.24) is 4.98 Å². The van der Waals surface area contributed by atoms with Gasteiger partial charge in [-0.05, 0) is 27.7 Å². The van der Waals surface area contributed by atoms with Gasteiger partial charge in [-0.1, -0.05) is 13.8 Å². The van der Waals surface area contributed by atoms with E-state index < -0.39 is 0 Å². The molecule has 0 aliphatic carbocycles. The summed E-state index contributed by atoms with van der Waals surface area (Å²) in [4.78, 5) is 4.59. The topological polar surface area (TPSA) is 36.7 Å². The summed E-state index contributed by atoms with van der Waals surface area (Å²) in [5, 5.41) is 8.42. The maximum Gasteiger partial charge on any atom is 0.101 e. The fourth-order valence-electron chi connectivity index (χ4n) is 0.522. The maximum absolute atomic E-state index is 8.42. The normalized spacial score (nSPS) is 7.83. The molecule has 0 atom stereocenters. The Morgan fingerprint density at radius 3 is 2.67 bits per heavy atom. The van der Waals surface area contributed by atoms with E-state index in [1.807, 2.05) is 19.9 Å². The molecule has 0 saturated carbocycles. The Morgan fingerprint density at radius 1 is 1.50 bits per heavy atom. The quantitative estimate of drug-likeness (QED) is 0.699. The highest BCUT2D eigenvalue weighted by Crippen LogP contribution is 2.20. The van der Waals surface area contributed by atoms with Crippen molar-refractivity contribution >= 4 is 21.7 Å². The summed E-state index contributed by atoms with van der Waals surface area (Å²) in [6, 6.07) is 3.65. The summed E-state index contributed by atoms with van der Waals surface area (Å²) in [5.41, 5.74) is 0.533. The summed E-state index contributed by atoms with van der Waals surface area (Å²) in [5.74, 6) is 0. The summed E-state index contributed by atoms with van der Waals surface area (Å²) >= 11 is 0. The Balaban J connectivity index is 0.000000561. The Kier molecular flexibility index (Phi) is 6.54. The molecule has 0 unspecified atom stereocenters. The van der Waals surface area contributed by atoms with E-state index in [0.717, 1.165) is 15.9 Å². The maximum atomic E-state index is 8.42. The number of pyridine rings is 1. The predicted octanol–water partition coefficient (Wildman–Crippen LogP) is 3.23. The van der Waals surface area contributed by atoms with E-state index in [1.165, 1.54) is 6.20 Å². The zero-order valence-electron chi connectivity index (χ0n) is 6.91. The summed E-state index contributed by atoms with van der Waals surface area (Å²) < 4.78 is 0. The van der Waals surface area contributed by atoms with E-state index in [1.54, 1.807) is 12.3 Å². The van der Waals surface area contributed by atoms with Gasteiger partial charge in [0.2, 0.25) is 0 Å². The van der Waals surface area contributed by atoms with Crippen molar-refractivity contribution < 1.29 is 0 Å². The summed E-state index contributed by atoms with van der Waals surface area (Å²) in [6.45, 7) is 4.00. The van der Waals surface area contributed by atoms with Crippen LogP contribution in [0.3, 0.4) is 0 Å². The number of hydrogen-bond acceptors (Lipinski definition) is 3. The summed E-state index contributed by atoms with van der Waals surface area (Å²) in [7, 11) is 6.48. The van der Waals surface area contributed by atoms with Crippen molar-refractivity contribution in [2.75, 3.05) is 0 Å². The lowest BCUT2D eigenvalue weighted by Crippen LogP contribution is -1.77. The van der Waals surface area contributed by atoms with Crippen LogP contribution in [-0.4, -0.2) is 4.98 Å². The molecule has 2 nitrogen and oxygen atoms in total. The molecule has 0 aliphatic heterocycles. The lowest BCUT2D eigenvalue weighted by Gasteiger charge is -1.90. The van der Waals surface area contributed by atoms with E-state index in [0.29, 0.717) is 5.56 Å². The largest absolute Gasteiger partial charge is 0.262 e. The molecule has 64 valence electrons. The molecule has 4 heteroatoms. The Hall–Kier alpha value is -0.720. The van der Waals surface area contributed by atoms with Crippen LogP contribution in [0, 0.1) is 11.3 Å². The van der Waals surface area contributed by atoms with Crippen LogP contribution in [0.15, 0.2) is 23.4 Å². The van der Waals surface area contributed by atoms with Crippen LogP contribution in [0.1, 0.15) is 19.4 Å². The molecular formula is C8H9ClN2S. The molecule has 1 heterocycles. The van der Waals surface area contributed by atoms with Crippen molar-refractivity contribution in [3.63, 3.8) is 0 Å². The molecule has 0 N–H and O–H groups in total. The number of rotatable bonds is 1. The number of aromatic nitrogens is 1. The van der Waals surface area contributed by atoms with Gasteiger partial charge in [0.15, 0.2) is 0 Å². The number of nitriles is 1. The van der Waals surface area contributed by atoms with Crippen LogP contribution >= 0.6 is 21.7 Å². The van der Waals surface area contributed by atoms with Gasteiger partial charge in [0.1, 0.15) is 6.07 Å². The van der Waals surface area contributed by atoms with Crippen molar-refractivity contribution in [2.45, 2.75) is 18.7 Å². The first-order valence-corrected chi connectivity index (χ1v) is 5.15. The predicted molar refractivity (Wildman–Crippen MR) is 52.0 cm³/mol. The van der Waals surface area contributed by atoms with E-state index in [2.05, 4.69) is 4.98 Å². The third-order valence-corrected chi connectivity index (χ3v) is 1.87. The van der Waals surface area contributed by atoms with Gasteiger partial charge in [-0.3, -0.25) is 4.98 Å². The molecule has 0 bridgehead atoms. The smallest absolute Gasteiger partial charge is 0.101 e. The Morgan fingerprint density at radius 2 is 2.17 bits per heavy atom. The standard InChI is InChI=1S/C6H3ClN2S.C2H6/c7-10-6-1-5(2-8)3-9-4-6;1-2/h1,3-4H;1-2H3. The lowest BCUT2D eigenvalue weighted by atomic mass is 10.3. The monoisotopic (exact) mass is 200 g/mol. The number of halogens is 1. The molecule has 0 spiro atoms. The first-order chi connectivity index (χ1) is 5.86. The molecule has 1 rings (SSSR count). The van der Waals surface area contributed by atoms with E-state index in [-0.39, 0.29) is 0 Å². The van der Waals surface area contributed by atoms with Crippen molar-refractivity contribution in [1.29, 1.82) is 5.26 Å². The van der Waals surface area contributed by atoms with Crippen LogP contribution < -0.4 is 0 Å². The van der Waals surface area contributed by atoms with Crippen LogP contribution in [0.5, 0.6) is 0 Å². The number of nitrogens with zero attached hydrogens (tertiary/aromatic N) is 2. The minimum Gasteiger partial charge on any atom is -0.262 e. The highest BCUT2D eigenvalue weighted by atomic mass is 35.7. The zero-order chi connectivity index (χ0) is 9.40. The van der Waals surface area contributed by atoms with Crippen LogP contribution in [0.25, 0.3) is 0 Å². The Labute approximate surface area is 81.1 Å². The minimum atomic E-state index is 0.533. The average Bonchev–Trinajstić information content (AvgIpc) is 2.21. The second-order valence-corrected chi connectivity index (χ2v) is 2.69. The van der Waals surface area contributed by atoms with E-state index in [4.69, 9.17) is 15.9 Å². The Bertz CT molecular complexity index is 270. The van der Waals surface area contributed by atoms with Crippen LogP contribution in [-0.2, 0) is 0 Å². The van der Waals surface area contributed by atoms with Gasteiger partial charge in [0.05, 0.1) is 5.56 Å². The second-order valence-electron chi connectivity index (χ2n) is 1.60. The van der Waals surface area contributed by atoms with E-state index in [9.17, 15) is 0 Å². The minimum absolute atomic E-state index is 0.533. The molecule has 0 aromatic carbocycles. The highest BCUT2D eigenvalue weighted by Gasteiger charge is 1.93. The fraction of sp³-hybridized carbons (Fsp3) is 0.250. The molecule has 0 amide bonds. The van der Waals surface area contributed by atoms with Gasteiger partial charge in [-0.25, -0.2) is 0 Å². The third kappa shape index (κ3) is 3.61. The van der Waals surface area contributed by atoms with Crippen LogP contribution in [0.2, 0.25) is 0 Å². The molecule has 0 aliphatic rings. The molecular weight excluding hydrogens is 192 g/mol. The average molecular weight is 201 g/mol. The second kappa shape index (κ2) is 6.96. The van der Waals surface area contributed by atoms with Crippen LogP contribution in [0.4, 0.5) is 0 Å². The fourth-order valence-corrected chi connectivity index (χ4v) is 1.05. The van der Waals surface area contributed by atoms with Gasteiger partial charge in [-0.15, -0.1) is 0 Å². The third-order valence-electron chi connectivity index (χ3n) is 0.931. The molecule has 1 aromatic heterocycles. The molecule has 12 heavy (non-hydrogen) atoms. The van der Waals surface area contributed by atoms with Gasteiger partial charge in [-0.2, -0.15) is 5.26 Å². The first kappa shape index (κ1) is 11.3. The number of hydrogen-bond donors (Lipinski definition) is 0. The van der Waals surface area contributed by atoms with Gasteiger partial charge in [0.25, 0.3) is 0 Å². The van der Waals surface area contributed by atoms with Gasteiger partial charge in [0, 0.05) is 17.3 Å². The first-order valence-electron chi connectivity index (χ1n) is 3.50. The molecule has 0 radical (unpaired) electrons. The molecule has 0 fully saturated rings. The van der Waals surface area contributed by atoms with Crippen molar-refractivity contribution in [3.05, 3.63) is 24.0 Å². The lowest BCUT2D eigenvalue weighted by molar-refractivity contribution is 1.22. The highest BCUT2D eigenvalue weighted by molar-refractivity contribution is 8.21. The summed E-state index contributed by atoms with van der Waals surface area (Å²) in [6.07, 6.45) is 3.11. The van der Waals surface area contributed by atoms with Gasteiger partial charge < -0.3 is 0 Å². The van der Waals surface area contributed by atoms with Crippen molar-refractivity contribution in [2.24, 2.45) is 0 Å². The zero-order valence-corrected chi connectivity index (χ0v) is 8.49.